The topological polar surface area (TPSA) is 95.6 Å². The molecule has 1 fully saturated rings. The Morgan fingerprint density at radius 1 is 1.06 bits per heavy atom. The molecule has 1 aliphatic rings. The number of nitrogens with zero attached hydrogens (tertiary/aromatic N) is 1. The van der Waals surface area contributed by atoms with Crippen molar-refractivity contribution in [1.29, 1.82) is 0 Å². The Kier molecular flexibility index (Phi) is 6.19. The normalized spacial score (nSPS) is 18.3. The number of benzene rings is 2. The van der Waals surface area contributed by atoms with Crippen LogP contribution in [0.15, 0.2) is 48.5 Å². The first-order chi connectivity index (χ1) is 14.6. The van der Waals surface area contributed by atoms with Crippen molar-refractivity contribution in [1.82, 2.24) is 10.2 Å². The van der Waals surface area contributed by atoms with Gasteiger partial charge in [0.2, 0.25) is 5.91 Å². The summed E-state index contributed by atoms with van der Waals surface area (Å²) >= 11 is 0. The maximum atomic E-state index is 13.2. The summed E-state index contributed by atoms with van der Waals surface area (Å²) in [5.41, 5.74) is -0.0992. The quantitative estimate of drug-likeness (QED) is 0.525. The molecule has 8 heteroatoms. The average Bonchev–Trinajstić information content (AvgIpc) is 2.92. The van der Waals surface area contributed by atoms with Crippen molar-refractivity contribution in [3.8, 4) is 0 Å². The van der Waals surface area contributed by atoms with Gasteiger partial charge in [-0.2, -0.15) is 0 Å². The first kappa shape index (κ1) is 22.1. The van der Waals surface area contributed by atoms with Crippen LogP contribution in [0.2, 0.25) is 0 Å². The Balaban J connectivity index is 1.68. The highest BCUT2D eigenvalue weighted by atomic mass is 19.1. The van der Waals surface area contributed by atoms with Crippen molar-refractivity contribution in [2.24, 2.45) is 5.92 Å². The summed E-state index contributed by atoms with van der Waals surface area (Å²) in [5.74, 6) is -1.36. The molecule has 1 saturated heterocycles. The van der Waals surface area contributed by atoms with Crippen LogP contribution in [0, 0.1) is 11.7 Å². The SMILES string of the molecule is CC(C)CC(=O)Nc1ccc(C(=O)CN2C(=O)NC(C)(c3ccc(F)cc3)C2=O)cc1. The smallest absolute Gasteiger partial charge is 0.325 e. The maximum absolute atomic E-state index is 13.2. The highest BCUT2D eigenvalue weighted by Gasteiger charge is 2.49. The van der Waals surface area contributed by atoms with Gasteiger partial charge in [0.05, 0.1) is 6.54 Å². The molecule has 2 aromatic rings. The van der Waals surface area contributed by atoms with Crippen LogP contribution in [0.3, 0.4) is 0 Å². The van der Waals surface area contributed by atoms with E-state index in [9.17, 15) is 23.6 Å². The maximum Gasteiger partial charge on any atom is 0.325 e. The number of ketones is 1. The van der Waals surface area contributed by atoms with E-state index in [2.05, 4.69) is 10.6 Å². The standard InChI is InChI=1S/C23H24FN3O4/c1-14(2)12-20(29)25-18-10-4-15(5-11-18)19(28)13-27-21(30)23(3,26-22(27)31)16-6-8-17(24)9-7-16/h4-11,14H,12-13H2,1-3H3,(H,25,29)(H,26,31). The molecule has 0 aromatic heterocycles. The third kappa shape index (κ3) is 4.79. The van der Waals surface area contributed by atoms with Crippen molar-refractivity contribution in [3.05, 3.63) is 65.5 Å². The van der Waals surface area contributed by atoms with Gasteiger partial charge < -0.3 is 10.6 Å². The van der Waals surface area contributed by atoms with Gasteiger partial charge in [-0.25, -0.2) is 9.18 Å². The molecule has 0 radical (unpaired) electrons. The molecule has 2 N–H and O–H groups in total. The van der Waals surface area contributed by atoms with Crippen LogP contribution in [0.25, 0.3) is 0 Å². The Labute approximate surface area is 179 Å². The number of nitrogens with one attached hydrogen (secondary N) is 2. The minimum absolute atomic E-state index is 0.117. The molecule has 31 heavy (non-hydrogen) atoms. The van der Waals surface area contributed by atoms with E-state index in [1.165, 1.54) is 43.3 Å². The third-order valence-corrected chi connectivity index (χ3v) is 5.08. The van der Waals surface area contributed by atoms with Crippen LogP contribution in [-0.4, -0.2) is 35.1 Å². The highest BCUT2D eigenvalue weighted by Crippen LogP contribution is 2.29. The van der Waals surface area contributed by atoms with Gasteiger partial charge in [0, 0.05) is 17.7 Å². The molecule has 1 unspecified atom stereocenters. The number of Topliss-reactive ketones (excluding diaryl/α,β-unsaturated/α-hetero) is 1. The van der Waals surface area contributed by atoms with Crippen molar-refractivity contribution in [2.75, 3.05) is 11.9 Å². The fraction of sp³-hybridized carbons (Fsp3) is 0.304. The molecule has 0 saturated carbocycles. The van der Waals surface area contributed by atoms with E-state index in [4.69, 9.17) is 0 Å². The Bertz CT molecular complexity index is 1020. The molecule has 0 spiro atoms. The molecule has 0 bridgehead atoms. The van der Waals surface area contributed by atoms with E-state index in [1.807, 2.05) is 13.8 Å². The van der Waals surface area contributed by atoms with Crippen molar-refractivity contribution in [3.63, 3.8) is 0 Å². The minimum Gasteiger partial charge on any atom is -0.326 e. The number of rotatable bonds is 7. The van der Waals surface area contributed by atoms with Gasteiger partial charge in [0.1, 0.15) is 11.4 Å². The Morgan fingerprint density at radius 2 is 1.68 bits per heavy atom. The second kappa shape index (κ2) is 8.67. The number of halogens is 1. The van der Waals surface area contributed by atoms with Gasteiger partial charge in [-0.3, -0.25) is 19.3 Å². The second-order valence-corrected chi connectivity index (χ2v) is 8.10. The number of hydrogen-bond acceptors (Lipinski definition) is 4. The zero-order valence-electron chi connectivity index (χ0n) is 17.6. The molecule has 1 atom stereocenters. The molecule has 4 amide bonds. The number of amides is 4. The van der Waals surface area contributed by atoms with E-state index in [-0.39, 0.29) is 11.8 Å². The van der Waals surface area contributed by atoms with Crippen LogP contribution in [0.5, 0.6) is 0 Å². The summed E-state index contributed by atoms with van der Waals surface area (Å²) < 4.78 is 13.2. The van der Waals surface area contributed by atoms with Crippen molar-refractivity contribution >= 4 is 29.3 Å². The zero-order valence-corrected chi connectivity index (χ0v) is 17.6. The summed E-state index contributed by atoms with van der Waals surface area (Å²) in [6.07, 6.45) is 0.389. The number of hydrogen-bond donors (Lipinski definition) is 2. The summed E-state index contributed by atoms with van der Waals surface area (Å²) in [6, 6.07) is 10.8. The average molecular weight is 425 g/mol. The largest absolute Gasteiger partial charge is 0.326 e. The summed E-state index contributed by atoms with van der Waals surface area (Å²) in [4.78, 5) is 50.6. The van der Waals surface area contributed by atoms with Crippen LogP contribution >= 0.6 is 0 Å². The van der Waals surface area contributed by atoms with Gasteiger partial charge in [-0.15, -0.1) is 0 Å². The summed E-state index contributed by atoms with van der Waals surface area (Å²) in [7, 11) is 0. The van der Waals surface area contributed by atoms with Gasteiger partial charge in [-0.1, -0.05) is 26.0 Å². The van der Waals surface area contributed by atoms with Crippen molar-refractivity contribution < 1.29 is 23.6 Å². The van der Waals surface area contributed by atoms with Gasteiger partial charge in [0.15, 0.2) is 5.78 Å². The van der Waals surface area contributed by atoms with Gasteiger partial charge >= 0.3 is 6.03 Å². The summed E-state index contributed by atoms with van der Waals surface area (Å²) in [6.45, 7) is 4.97. The van der Waals surface area contributed by atoms with Crippen LogP contribution in [0.4, 0.5) is 14.9 Å². The van der Waals surface area contributed by atoms with E-state index >= 15 is 0 Å². The van der Waals surface area contributed by atoms with Crippen LogP contribution < -0.4 is 10.6 Å². The monoisotopic (exact) mass is 425 g/mol. The first-order valence-electron chi connectivity index (χ1n) is 9.93. The van der Waals surface area contributed by atoms with E-state index < -0.39 is 35.6 Å². The number of imide groups is 1. The molecule has 7 nitrogen and oxygen atoms in total. The van der Waals surface area contributed by atoms with E-state index in [0.717, 1.165) is 4.90 Å². The lowest BCUT2D eigenvalue weighted by atomic mass is 9.92. The fourth-order valence-electron chi connectivity index (χ4n) is 3.38. The molecule has 0 aliphatic carbocycles. The molecule has 3 rings (SSSR count). The molecule has 162 valence electrons. The summed E-state index contributed by atoms with van der Waals surface area (Å²) in [5, 5.41) is 5.34. The Morgan fingerprint density at radius 3 is 2.26 bits per heavy atom. The van der Waals surface area contributed by atoms with E-state index in [1.54, 1.807) is 12.1 Å². The fourth-order valence-corrected chi connectivity index (χ4v) is 3.38. The van der Waals surface area contributed by atoms with Crippen LogP contribution in [-0.2, 0) is 15.1 Å². The molecular weight excluding hydrogens is 401 g/mol. The number of urea groups is 1. The van der Waals surface area contributed by atoms with Crippen molar-refractivity contribution in [2.45, 2.75) is 32.7 Å². The highest BCUT2D eigenvalue weighted by molar-refractivity contribution is 6.11. The second-order valence-electron chi connectivity index (χ2n) is 8.10. The van der Waals surface area contributed by atoms with E-state index in [0.29, 0.717) is 23.2 Å². The first-order valence-corrected chi connectivity index (χ1v) is 9.93. The molecular formula is C23H24FN3O4. The predicted octanol–water partition coefficient (Wildman–Crippen LogP) is 3.46. The predicted molar refractivity (Wildman–Crippen MR) is 113 cm³/mol. The minimum atomic E-state index is -1.38. The van der Waals surface area contributed by atoms with Gasteiger partial charge in [-0.05, 0) is 54.8 Å². The lowest BCUT2D eigenvalue weighted by Crippen LogP contribution is -2.41. The number of carbonyl (C=O) groups is 4. The molecule has 2 aromatic carbocycles. The lowest BCUT2D eigenvalue weighted by Gasteiger charge is -2.22. The van der Waals surface area contributed by atoms with Crippen LogP contribution in [0.1, 0.15) is 43.1 Å². The number of carbonyl (C=O) groups excluding carboxylic acids is 4. The third-order valence-electron chi connectivity index (χ3n) is 5.08. The molecule has 1 heterocycles. The Hall–Kier alpha value is -3.55. The number of anilines is 1. The molecule has 1 aliphatic heterocycles. The zero-order chi connectivity index (χ0) is 22.8. The van der Waals surface area contributed by atoms with Gasteiger partial charge in [0.25, 0.3) is 5.91 Å². The lowest BCUT2D eigenvalue weighted by molar-refractivity contribution is -0.130.